The molecule has 0 spiro atoms. The van der Waals surface area contributed by atoms with Crippen molar-refractivity contribution in [2.24, 2.45) is 0 Å². The zero-order valence-electron chi connectivity index (χ0n) is 7.99. The number of carbonyl (C=O) groups excluding carboxylic acids is 1. The van der Waals surface area contributed by atoms with Crippen molar-refractivity contribution in [3.8, 4) is 0 Å². The molecule has 1 aliphatic rings. The van der Waals surface area contributed by atoms with Crippen molar-refractivity contribution in [1.29, 1.82) is 0 Å². The topological polar surface area (TPSA) is 49.8 Å². The van der Waals surface area contributed by atoms with Crippen molar-refractivity contribution in [3.05, 3.63) is 11.8 Å². The number of ether oxygens (including phenoxy) is 1. The van der Waals surface area contributed by atoms with Gasteiger partial charge in [-0.25, -0.2) is 4.79 Å². The molecular formula is C9H15NO3. The van der Waals surface area contributed by atoms with Crippen molar-refractivity contribution in [1.82, 2.24) is 4.90 Å². The maximum Gasteiger partial charge on any atom is 0.335 e. The van der Waals surface area contributed by atoms with Crippen molar-refractivity contribution in [2.45, 2.75) is 26.0 Å². The molecule has 0 aromatic rings. The molecule has 1 aliphatic heterocycles. The van der Waals surface area contributed by atoms with E-state index in [0.717, 1.165) is 0 Å². The van der Waals surface area contributed by atoms with Gasteiger partial charge >= 0.3 is 5.97 Å². The van der Waals surface area contributed by atoms with Crippen LogP contribution in [0.3, 0.4) is 0 Å². The van der Waals surface area contributed by atoms with Gasteiger partial charge in [-0.1, -0.05) is 0 Å². The third kappa shape index (κ3) is 2.45. The Kier molecular flexibility index (Phi) is 3.31. The number of aliphatic hydroxyl groups is 1. The first-order chi connectivity index (χ1) is 6.15. The number of carbonyl (C=O) groups is 1. The molecular weight excluding hydrogens is 170 g/mol. The molecule has 1 heterocycles. The normalized spacial score (nSPS) is 22.5. The van der Waals surface area contributed by atoms with Gasteiger partial charge in [0.25, 0.3) is 0 Å². The number of aliphatic hydroxyl groups excluding tert-OH is 1. The lowest BCUT2D eigenvalue weighted by Crippen LogP contribution is -2.31. The van der Waals surface area contributed by atoms with E-state index in [4.69, 9.17) is 4.74 Å². The third-order valence-corrected chi connectivity index (χ3v) is 2.04. The standard InChI is InChI=1S/C9H15NO3/c1-3-13-9(12)7-4-5-8(11)10(2)6-7/h6,8,11H,3-5H2,1-2H3. The summed E-state index contributed by atoms with van der Waals surface area (Å²) in [4.78, 5) is 12.9. The Morgan fingerprint density at radius 3 is 3.08 bits per heavy atom. The van der Waals surface area contributed by atoms with Crippen molar-refractivity contribution in [3.63, 3.8) is 0 Å². The highest BCUT2D eigenvalue weighted by Crippen LogP contribution is 2.18. The first-order valence-electron chi connectivity index (χ1n) is 4.43. The van der Waals surface area contributed by atoms with Crippen LogP contribution in [0.2, 0.25) is 0 Å². The number of esters is 1. The highest BCUT2D eigenvalue weighted by Gasteiger charge is 2.20. The van der Waals surface area contributed by atoms with E-state index < -0.39 is 6.23 Å². The van der Waals surface area contributed by atoms with Crippen molar-refractivity contribution < 1.29 is 14.6 Å². The van der Waals surface area contributed by atoms with Gasteiger partial charge in [-0.3, -0.25) is 0 Å². The minimum absolute atomic E-state index is 0.277. The van der Waals surface area contributed by atoms with Crippen LogP contribution in [-0.4, -0.2) is 35.9 Å². The average molecular weight is 185 g/mol. The summed E-state index contributed by atoms with van der Waals surface area (Å²) < 4.78 is 4.85. The van der Waals surface area contributed by atoms with Crippen LogP contribution in [0.5, 0.6) is 0 Å². The molecule has 74 valence electrons. The minimum Gasteiger partial charge on any atom is -0.463 e. The summed E-state index contributed by atoms with van der Waals surface area (Å²) >= 11 is 0. The molecule has 0 aliphatic carbocycles. The molecule has 0 saturated carbocycles. The zero-order chi connectivity index (χ0) is 9.84. The Morgan fingerprint density at radius 1 is 1.85 bits per heavy atom. The van der Waals surface area contributed by atoms with E-state index in [-0.39, 0.29) is 5.97 Å². The van der Waals surface area contributed by atoms with Gasteiger partial charge in [-0.15, -0.1) is 0 Å². The zero-order valence-corrected chi connectivity index (χ0v) is 7.99. The largest absolute Gasteiger partial charge is 0.463 e. The van der Waals surface area contributed by atoms with Gasteiger partial charge in [0.2, 0.25) is 0 Å². The van der Waals surface area contributed by atoms with Gasteiger partial charge in [-0.05, 0) is 19.8 Å². The predicted octanol–water partition coefficient (Wildman–Crippen LogP) is 0.477. The van der Waals surface area contributed by atoms with E-state index in [0.29, 0.717) is 25.0 Å². The minimum atomic E-state index is -0.474. The monoisotopic (exact) mass is 185 g/mol. The lowest BCUT2D eigenvalue weighted by Gasteiger charge is -2.27. The van der Waals surface area contributed by atoms with E-state index in [1.807, 2.05) is 0 Å². The molecule has 13 heavy (non-hydrogen) atoms. The van der Waals surface area contributed by atoms with Crippen LogP contribution < -0.4 is 0 Å². The van der Waals surface area contributed by atoms with Crippen LogP contribution >= 0.6 is 0 Å². The number of nitrogens with zero attached hydrogens (tertiary/aromatic N) is 1. The van der Waals surface area contributed by atoms with E-state index in [1.54, 1.807) is 25.1 Å². The molecule has 4 nitrogen and oxygen atoms in total. The Morgan fingerprint density at radius 2 is 2.54 bits per heavy atom. The smallest absolute Gasteiger partial charge is 0.335 e. The lowest BCUT2D eigenvalue weighted by molar-refractivity contribution is -0.139. The van der Waals surface area contributed by atoms with Gasteiger partial charge in [0.15, 0.2) is 0 Å². The Hall–Kier alpha value is -1.03. The fourth-order valence-corrected chi connectivity index (χ4v) is 1.26. The summed E-state index contributed by atoms with van der Waals surface area (Å²) in [6.07, 6.45) is 2.34. The molecule has 0 saturated heterocycles. The third-order valence-electron chi connectivity index (χ3n) is 2.04. The van der Waals surface area contributed by atoms with Gasteiger partial charge in [-0.2, -0.15) is 0 Å². The van der Waals surface area contributed by atoms with Gasteiger partial charge in [0, 0.05) is 13.2 Å². The van der Waals surface area contributed by atoms with Crippen molar-refractivity contribution in [2.75, 3.05) is 13.7 Å². The molecule has 1 rings (SSSR count). The Balaban J connectivity index is 2.61. The average Bonchev–Trinajstić information content (AvgIpc) is 2.10. The number of hydrogen-bond acceptors (Lipinski definition) is 4. The molecule has 0 amide bonds. The molecule has 1 N–H and O–H groups in total. The first kappa shape index (κ1) is 10.1. The van der Waals surface area contributed by atoms with E-state index in [2.05, 4.69) is 0 Å². The van der Waals surface area contributed by atoms with Crippen LogP contribution in [0.4, 0.5) is 0 Å². The molecule has 4 heteroatoms. The molecule has 0 radical (unpaired) electrons. The maximum absolute atomic E-state index is 11.3. The van der Waals surface area contributed by atoms with Crippen LogP contribution in [0.25, 0.3) is 0 Å². The van der Waals surface area contributed by atoms with E-state index in [9.17, 15) is 9.90 Å². The number of rotatable bonds is 2. The second-order valence-corrected chi connectivity index (χ2v) is 3.06. The lowest BCUT2D eigenvalue weighted by atomic mass is 10.1. The van der Waals surface area contributed by atoms with Gasteiger partial charge in [0.05, 0.1) is 12.2 Å². The highest BCUT2D eigenvalue weighted by molar-refractivity contribution is 5.88. The van der Waals surface area contributed by atoms with Crippen LogP contribution in [0.15, 0.2) is 11.8 Å². The summed E-state index contributed by atoms with van der Waals surface area (Å²) in [6, 6.07) is 0. The fraction of sp³-hybridized carbons (Fsp3) is 0.667. The van der Waals surface area contributed by atoms with Crippen LogP contribution in [-0.2, 0) is 9.53 Å². The first-order valence-corrected chi connectivity index (χ1v) is 4.43. The van der Waals surface area contributed by atoms with E-state index in [1.165, 1.54) is 0 Å². The quantitative estimate of drug-likeness (QED) is 0.636. The Bertz CT molecular complexity index is 225. The summed E-state index contributed by atoms with van der Waals surface area (Å²) in [5.41, 5.74) is 0.634. The van der Waals surface area contributed by atoms with Gasteiger partial charge < -0.3 is 14.7 Å². The highest BCUT2D eigenvalue weighted by atomic mass is 16.5. The predicted molar refractivity (Wildman–Crippen MR) is 47.7 cm³/mol. The maximum atomic E-state index is 11.3. The summed E-state index contributed by atoms with van der Waals surface area (Å²) in [5, 5.41) is 9.34. The van der Waals surface area contributed by atoms with Crippen molar-refractivity contribution >= 4 is 5.97 Å². The summed E-state index contributed by atoms with van der Waals surface area (Å²) in [5.74, 6) is -0.277. The summed E-state index contributed by atoms with van der Waals surface area (Å²) in [6.45, 7) is 2.17. The van der Waals surface area contributed by atoms with Crippen LogP contribution in [0, 0.1) is 0 Å². The second kappa shape index (κ2) is 4.28. The SMILES string of the molecule is CCOC(=O)C1=CN(C)C(O)CC1. The van der Waals surface area contributed by atoms with E-state index >= 15 is 0 Å². The number of hydrogen-bond donors (Lipinski definition) is 1. The van der Waals surface area contributed by atoms with Crippen LogP contribution in [0.1, 0.15) is 19.8 Å². The van der Waals surface area contributed by atoms with Gasteiger partial charge in [0.1, 0.15) is 6.23 Å². The molecule has 0 aromatic heterocycles. The Labute approximate surface area is 77.8 Å². The molecule has 0 bridgehead atoms. The summed E-state index contributed by atoms with van der Waals surface area (Å²) in [7, 11) is 1.74. The molecule has 0 fully saturated rings. The second-order valence-electron chi connectivity index (χ2n) is 3.06. The molecule has 0 aromatic carbocycles. The molecule has 1 unspecified atom stereocenters. The fourth-order valence-electron chi connectivity index (χ4n) is 1.26. The molecule has 1 atom stereocenters.